The summed E-state index contributed by atoms with van der Waals surface area (Å²) in [6.45, 7) is 9.99. The van der Waals surface area contributed by atoms with Crippen molar-refractivity contribution in [2.75, 3.05) is 13.1 Å². The molecule has 1 aliphatic heterocycles. The van der Waals surface area contributed by atoms with Gasteiger partial charge in [0, 0.05) is 36.2 Å². The van der Waals surface area contributed by atoms with Crippen molar-refractivity contribution >= 4 is 11.6 Å². The van der Waals surface area contributed by atoms with Crippen molar-refractivity contribution in [2.24, 2.45) is 0 Å². The fourth-order valence-corrected chi connectivity index (χ4v) is 2.75. The third kappa shape index (κ3) is 3.47. The van der Waals surface area contributed by atoms with Crippen LogP contribution in [0.25, 0.3) is 0 Å². The van der Waals surface area contributed by atoms with E-state index < -0.39 is 0 Å². The number of nitrogens with one attached hydrogen (secondary N) is 1. The molecule has 18 heavy (non-hydrogen) atoms. The van der Waals surface area contributed by atoms with Crippen LogP contribution in [-0.2, 0) is 6.54 Å². The second-order valence-electron chi connectivity index (χ2n) is 5.86. The summed E-state index contributed by atoms with van der Waals surface area (Å²) in [7, 11) is 0. The molecule has 1 fully saturated rings. The average molecular weight is 267 g/mol. The Morgan fingerprint density at radius 1 is 1.33 bits per heavy atom. The van der Waals surface area contributed by atoms with Gasteiger partial charge in [-0.25, -0.2) is 0 Å². The van der Waals surface area contributed by atoms with E-state index in [-0.39, 0.29) is 5.54 Å². The number of halogens is 1. The van der Waals surface area contributed by atoms with E-state index in [0.29, 0.717) is 6.04 Å². The van der Waals surface area contributed by atoms with E-state index in [0.717, 1.165) is 24.7 Å². The minimum atomic E-state index is 0.206. The van der Waals surface area contributed by atoms with Crippen LogP contribution < -0.4 is 5.32 Å². The third-order valence-electron chi connectivity index (χ3n) is 3.70. The van der Waals surface area contributed by atoms with E-state index >= 15 is 0 Å². The Morgan fingerprint density at radius 3 is 2.61 bits per heavy atom. The molecule has 0 aliphatic carbocycles. The first-order chi connectivity index (χ1) is 8.50. The number of nitrogens with zero attached hydrogens (tertiary/aromatic N) is 1. The molecule has 1 N–H and O–H groups in total. The molecular weight excluding hydrogens is 244 g/mol. The first-order valence-corrected chi connectivity index (χ1v) is 7.11. The highest BCUT2D eigenvalue weighted by Gasteiger charge is 2.31. The van der Waals surface area contributed by atoms with Crippen LogP contribution in [-0.4, -0.2) is 29.6 Å². The molecule has 100 valence electrons. The number of hydrogen-bond acceptors (Lipinski definition) is 2. The van der Waals surface area contributed by atoms with Crippen LogP contribution in [0.1, 0.15) is 32.8 Å². The fourth-order valence-electron chi connectivity index (χ4n) is 2.63. The number of hydrogen-bond donors (Lipinski definition) is 1. The van der Waals surface area contributed by atoms with Gasteiger partial charge in [0.1, 0.15) is 0 Å². The Morgan fingerprint density at radius 2 is 2.00 bits per heavy atom. The zero-order valence-electron chi connectivity index (χ0n) is 11.5. The molecule has 0 radical (unpaired) electrons. The van der Waals surface area contributed by atoms with E-state index in [1.54, 1.807) is 0 Å². The minimum Gasteiger partial charge on any atom is -0.309 e. The molecular formula is C15H23ClN2. The number of piperazine rings is 1. The Hall–Kier alpha value is -0.570. The van der Waals surface area contributed by atoms with Gasteiger partial charge in [0.05, 0.1) is 0 Å². The maximum absolute atomic E-state index is 5.93. The Balaban J connectivity index is 2.07. The Labute approximate surface area is 115 Å². The van der Waals surface area contributed by atoms with Crippen LogP contribution in [0.5, 0.6) is 0 Å². The first-order valence-electron chi connectivity index (χ1n) is 6.74. The van der Waals surface area contributed by atoms with Crippen molar-refractivity contribution in [1.29, 1.82) is 0 Å². The Bertz CT molecular complexity index is 386. The maximum atomic E-state index is 5.93. The van der Waals surface area contributed by atoms with Gasteiger partial charge < -0.3 is 5.32 Å². The molecule has 1 saturated heterocycles. The summed E-state index contributed by atoms with van der Waals surface area (Å²) in [6, 6.07) is 8.85. The second-order valence-corrected chi connectivity index (χ2v) is 6.29. The second kappa shape index (κ2) is 5.60. The van der Waals surface area contributed by atoms with Crippen molar-refractivity contribution in [2.45, 2.75) is 45.3 Å². The highest BCUT2D eigenvalue weighted by Crippen LogP contribution is 2.20. The predicted molar refractivity (Wildman–Crippen MR) is 78.0 cm³/mol. The lowest BCUT2D eigenvalue weighted by molar-refractivity contribution is 0.0858. The van der Waals surface area contributed by atoms with Gasteiger partial charge in [0.15, 0.2) is 0 Å². The molecule has 1 aliphatic rings. The molecule has 1 atom stereocenters. The predicted octanol–water partition coefficient (Wildman–Crippen LogP) is 3.30. The summed E-state index contributed by atoms with van der Waals surface area (Å²) >= 11 is 5.93. The quantitative estimate of drug-likeness (QED) is 0.903. The maximum Gasteiger partial charge on any atom is 0.0406 e. The molecule has 1 heterocycles. The SMILES string of the molecule is CCC1CNC(C)(C)CN1Cc1ccc(Cl)cc1. The summed E-state index contributed by atoms with van der Waals surface area (Å²) in [4.78, 5) is 2.58. The van der Waals surface area contributed by atoms with Crippen LogP contribution in [0.3, 0.4) is 0 Å². The molecule has 0 aromatic heterocycles. The summed E-state index contributed by atoms with van der Waals surface area (Å²) in [5.74, 6) is 0. The van der Waals surface area contributed by atoms with E-state index in [1.807, 2.05) is 12.1 Å². The summed E-state index contributed by atoms with van der Waals surface area (Å²) in [5, 5.41) is 4.43. The fraction of sp³-hybridized carbons (Fsp3) is 0.600. The Kier molecular flexibility index (Phi) is 4.31. The monoisotopic (exact) mass is 266 g/mol. The van der Waals surface area contributed by atoms with E-state index in [4.69, 9.17) is 11.6 Å². The van der Waals surface area contributed by atoms with Crippen molar-refractivity contribution in [3.63, 3.8) is 0 Å². The van der Waals surface area contributed by atoms with Crippen LogP contribution >= 0.6 is 11.6 Å². The molecule has 2 nitrogen and oxygen atoms in total. The summed E-state index contributed by atoms with van der Waals surface area (Å²) in [6.07, 6.45) is 1.19. The van der Waals surface area contributed by atoms with Gasteiger partial charge >= 0.3 is 0 Å². The normalized spacial score (nSPS) is 24.1. The highest BCUT2D eigenvalue weighted by atomic mass is 35.5. The lowest BCUT2D eigenvalue weighted by Crippen LogP contribution is -2.60. The average Bonchev–Trinajstić information content (AvgIpc) is 2.31. The van der Waals surface area contributed by atoms with Gasteiger partial charge in [-0.3, -0.25) is 4.90 Å². The number of benzene rings is 1. The summed E-state index contributed by atoms with van der Waals surface area (Å²) < 4.78 is 0. The van der Waals surface area contributed by atoms with Crippen LogP contribution in [0, 0.1) is 0 Å². The molecule has 3 heteroatoms. The minimum absolute atomic E-state index is 0.206. The highest BCUT2D eigenvalue weighted by molar-refractivity contribution is 6.30. The van der Waals surface area contributed by atoms with Crippen LogP contribution in [0.2, 0.25) is 5.02 Å². The van der Waals surface area contributed by atoms with Gasteiger partial charge in [-0.05, 0) is 38.0 Å². The smallest absolute Gasteiger partial charge is 0.0406 e. The van der Waals surface area contributed by atoms with E-state index in [2.05, 4.69) is 43.1 Å². The van der Waals surface area contributed by atoms with Gasteiger partial charge in [-0.2, -0.15) is 0 Å². The molecule has 0 saturated carbocycles. The summed E-state index contributed by atoms with van der Waals surface area (Å²) in [5.41, 5.74) is 1.55. The lowest BCUT2D eigenvalue weighted by atomic mass is 9.97. The molecule has 1 unspecified atom stereocenters. The number of rotatable bonds is 3. The standard InChI is InChI=1S/C15H23ClN2/c1-4-14-9-17-15(2,3)11-18(14)10-12-5-7-13(16)8-6-12/h5-8,14,17H,4,9-11H2,1-3H3. The van der Waals surface area contributed by atoms with E-state index in [1.165, 1.54) is 12.0 Å². The molecule has 1 aromatic rings. The van der Waals surface area contributed by atoms with Crippen molar-refractivity contribution < 1.29 is 0 Å². The van der Waals surface area contributed by atoms with Gasteiger partial charge in [-0.1, -0.05) is 30.7 Å². The topological polar surface area (TPSA) is 15.3 Å². The van der Waals surface area contributed by atoms with Gasteiger partial charge in [-0.15, -0.1) is 0 Å². The molecule has 0 amide bonds. The molecule has 0 bridgehead atoms. The van der Waals surface area contributed by atoms with E-state index in [9.17, 15) is 0 Å². The van der Waals surface area contributed by atoms with Gasteiger partial charge in [0.25, 0.3) is 0 Å². The largest absolute Gasteiger partial charge is 0.309 e. The van der Waals surface area contributed by atoms with Crippen molar-refractivity contribution in [1.82, 2.24) is 10.2 Å². The van der Waals surface area contributed by atoms with Crippen LogP contribution in [0.4, 0.5) is 0 Å². The first kappa shape index (κ1) is 13.9. The zero-order chi connectivity index (χ0) is 13.2. The van der Waals surface area contributed by atoms with Crippen molar-refractivity contribution in [3.05, 3.63) is 34.9 Å². The molecule has 2 rings (SSSR count). The lowest BCUT2D eigenvalue weighted by Gasteiger charge is -2.44. The molecule has 0 spiro atoms. The van der Waals surface area contributed by atoms with Crippen molar-refractivity contribution in [3.8, 4) is 0 Å². The van der Waals surface area contributed by atoms with Gasteiger partial charge in [0.2, 0.25) is 0 Å². The zero-order valence-corrected chi connectivity index (χ0v) is 12.3. The third-order valence-corrected chi connectivity index (χ3v) is 3.95. The van der Waals surface area contributed by atoms with Crippen LogP contribution in [0.15, 0.2) is 24.3 Å². The molecule has 1 aromatic carbocycles.